The first-order valence-electron chi connectivity index (χ1n) is 1.74. The van der Waals surface area contributed by atoms with Gasteiger partial charge in [-0.3, -0.25) is 14.9 Å². The molecule has 5 heteroatoms. The Morgan fingerprint density at radius 3 is 2.38 bits per heavy atom. The lowest BCUT2D eigenvalue weighted by atomic mass is 10.6. The third-order valence-electron chi connectivity index (χ3n) is 0.361. The molecular weight excluding hydrogens is 112 g/mol. The Bertz CT molecular complexity index is 123. The molecule has 0 fully saturated rings. The van der Waals surface area contributed by atoms with Gasteiger partial charge in [-0.1, -0.05) is 0 Å². The molecule has 0 saturated carbocycles. The van der Waals surface area contributed by atoms with Crippen LogP contribution in [0.15, 0.2) is 12.3 Å². The number of primary amides is 1. The number of nitro groups is 1. The SMILES string of the molecule is NC(=O)/C=C/[N+](=O)[O-]. The highest BCUT2D eigenvalue weighted by Gasteiger charge is 1.86. The predicted octanol–water partition coefficient (Wildman–Crippen LogP) is -0.738. The highest BCUT2D eigenvalue weighted by molar-refractivity contribution is 5.85. The van der Waals surface area contributed by atoms with E-state index in [1.54, 1.807) is 0 Å². The average molecular weight is 116 g/mol. The number of hydrogen-bond donors (Lipinski definition) is 1. The number of carbonyl (C=O) groups excluding carboxylic acids is 1. The molecule has 0 bridgehead atoms. The molecule has 0 atom stereocenters. The van der Waals surface area contributed by atoms with Crippen molar-refractivity contribution in [3.63, 3.8) is 0 Å². The normalized spacial score (nSPS) is 9.50. The van der Waals surface area contributed by atoms with Crippen molar-refractivity contribution in [3.8, 4) is 0 Å². The fourth-order valence-corrected chi connectivity index (χ4v) is 0.134. The van der Waals surface area contributed by atoms with Crippen LogP contribution in [-0.4, -0.2) is 10.8 Å². The molecular formula is C3H4N2O3. The summed E-state index contributed by atoms with van der Waals surface area (Å²) in [7, 11) is 0. The molecule has 0 radical (unpaired) electrons. The molecule has 0 aromatic rings. The zero-order chi connectivity index (χ0) is 6.57. The lowest BCUT2D eigenvalue weighted by Crippen LogP contribution is -2.06. The van der Waals surface area contributed by atoms with Gasteiger partial charge in [0.1, 0.15) is 0 Å². The van der Waals surface area contributed by atoms with Crippen molar-refractivity contribution in [1.29, 1.82) is 0 Å². The van der Waals surface area contributed by atoms with Crippen LogP contribution in [0.2, 0.25) is 0 Å². The van der Waals surface area contributed by atoms with Crippen LogP contribution in [0.5, 0.6) is 0 Å². The van der Waals surface area contributed by atoms with Gasteiger partial charge in [-0.2, -0.15) is 0 Å². The van der Waals surface area contributed by atoms with E-state index in [2.05, 4.69) is 5.73 Å². The quantitative estimate of drug-likeness (QED) is 0.293. The Hall–Kier alpha value is -1.39. The topological polar surface area (TPSA) is 86.2 Å². The molecule has 0 heterocycles. The number of hydrogen-bond acceptors (Lipinski definition) is 3. The van der Waals surface area contributed by atoms with Crippen molar-refractivity contribution in [1.82, 2.24) is 0 Å². The minimum atomic E-state index is -0.818. The summed E-state index contributed by atoms with van der Waals surface area (Å²) in [5.74, 6) is -0.818. The summed E-state index contributed by atoms with van der Waals surface area (Å²) >= 11 is 0. The number of nitrogens with two attached hydrogens (primary N) is 1. The molecule has 0 aliphatic carbocycles. The molecule has 0 saturated heterocycles. The third-order valence-corrected chi connectivity index (χ3v) is 0.361. The maximum Gasteiger partial charge on any atom is 0.247 e. The molecule has 8 heavy (non-hydrogen) atoms. The van der Waals surface area contributed by atoms with Gasteiger partial charge in [-0.25, -0.2) is 0 Å². The molecule has 0 rings (SSSR count). The van der Waals surface area contributed by atoms with Crippen LogP contribution in [-0.2, 0) is 4.79 Å². The first-order chi connectivity index (χ1) is 3.63. The minimum absolute atomic E-state index is 0.488. The summed E-state index contributed by atoms with van der Waals surface area (Å²) < 4.78 is 0. The summed E-state index contributed by atoms with van der Waals surface area (Å²) in [5, 5.41) is 9.41. The lowest BCUT2D eigenvalue weighted by molar-refractivity contribution is -0.402. The molecule has 5 nitrogen and oxygen atoms in total. The van der Waals surface area contributed by atoms with E-state index in [-0.39, 0.29) is 0 Å². The van der Waals surface area contributed by atoms with Crippen molar-refractivity contribution < 1.29 is 9.72 Å². The summed E-state index contributed by atoms with van der Waals surface area (Å²) in [5.41, 5.74) is 4.51. The van der Waals surface area contributed by atoms with Crippen LogP contribution in [0.3, 0.4) is 0 Å². The standard InChI is InChI=1S/C3H4N2O3/c4-3(6)1-2-5(7)8/h1-2H,(H2,4,6)/b2-1+. The summed E-state index contributed by atoms with van der Waals surface area (Å²) in [6.45, 7) is 0. The molecule has 0 unspecified atom stereocenters. The van der Waals surface area contributed by atoms with Crippen molar-refractivity contribution in [2.45, 2.75) is 0 Å². The van der Waals surface area contributed by atoms with Crippen LogP contribution in [0.1, 0.15) is 0 Å². The number of nitrogens with zero attached hydrogens (tertiary/aromatic N) is 1. The highest BCUT2D eigenvalue weighted by atomic mass is 16.6. The van der Waals surface area contributed by atoms with Gasteiger partial charge < -0.3 is 5.73 Å². The second-order valence-corrected chi connectivity index (χ2v) is 1.00. The monoisotopic (exact) mass is 116 g/mol. The van der Waals surface area contributed by atoms with Gasteiger partial charge >= 0.3 is 0 Å². The molecule has 44 valence electrons. The summed E-state index contributed by atoms with van der Waals surface area (Å²) in [6.07, 6.45) is 1.17. The smallest absolute Gasteiger partial charge is 0.247 e. The van der Waals surface area contributed by atoms with Crippen LogP contribution >= 0.6 is 0 Å². The Morgan fingerprint density at radius 1 is 1.75 bits per heavy atom. The second-order valence-electron chi connectivity index (χ2n) is 1.00. The molecule has 0 aliphatic rings. The molecule has 2 N–H and O–H groups in total. The van der Waals surface area contributed by atoms with Gasteiger partial charge in [0, 0.05) is 0 Å². The third kappa shape index (κ3) is 4.61. The Kier molecular flexibility index (Phi) is 2.25. The van der Waals surface area contributed by atoms with Gasteiger partial charge in [-0.05, 0) is 0 Å². The van der Waals surface area contributed by atoms with Gasteiger partial charge in [0.2, 0.25) is 12.1 Å². The van der Waals surface area contributed by atoms with Crippen molar-refractivity contribution in [2.75, 3.05) is 0 Å². The number of amides is 1. The molecule has 0 spiro atoms. The molecule has 0 aromatic heterocycles. The Morgan fingerprint density at radius 2 is 2.25 bits per heavy atom. The van der Waals surface area contributed by atoms with Gasteiger partial charge in [0.05, 0.1) is 11.0 Å². The largest absolute Gasteiger partial charge is 0.366 e. The predicted molar refractivity (Wildman–Crippen MR) is 25.3 cm³/mol. The van der Waals surface area contributed by atoms with E-state index in [9.17, 15) is 14.9 Å². The minimum Gasteiger partial charge on any atom is -0.366 e. The zero-order valence-corrected chi connectivity index (χ0v) is 3.90. The number of carbonyl (C=O) groups is 1. The van der Waals surface area contributed by atoms with E-state index in [0.717, 1.165) is 0 Å². The van der Waals surface area contributed by atoms with Crippen LogP contribution in [0.4, 0.5) is 0 Å². The van der Waals surface area contributed by atoms with Crippen LogP contribution in [0, 0.1) is 10.1 Å². The summed E-state index contributed by atoms with van der Waals surface area (Å²) in [6, 6.07) is 0. The average Bonchev–Trinajstić information content (AvgIpc) is 1.61. The molecule has 0 aromatic carbocycles. The Balaban J connectivity index is 3.67. The maximum atomic E-state index is 9.73. The van der Waals surface area contributed by atoms with Crippen LogP contribution in [0.25, 0.3) is 0 Å². The maximum absolute atomic E-state index is 9.73. The van der Waals surface area contributed by atoms with E-state index in [1.165, 1.54) is 0 Å². The first kappa shape index (κ1) is 6.61. The fraction of sp³-hybridized carbons (Fsp3) is 0. The lowest BCUT2D eigenvalue weighted by Gasteiger charge is -1.74. The summed E-state index contributed by atoms with van der Waals surface area (Å²) in [4.78, 5) is 18.4. The van der Waals surface area contributed by atoms with Gasteiger partial charge in [0.25, 0.3) is 0 Å². The molecule has 1 amide bonds. The van der Waals surface area contributed by atoms with Crippen molar-refractivity contribution in [2.24, 2.45) is 5.73 Å². The Labute approximate surface area is 44.9 Å². The van der Waals surface area contributed by atoms with Gasteiger partial charge in [-0.15, -0.1) is 0 Å². The van der Waals surface area contributed by atoms with E-state index in [1.807, 2.05) is 0 Å². The van der Waals surface area contributed by atoms with Crippen molar-refractivity contribution >= 4 is 5.91 Å². The van der Waals surface area contributed by atoms with Crippen molar-refractivity contribution in [3.05, 3.63) is 22.4 Å². The highest BCUT2D eigenvalue weighted by Crippen LogP contribution is 1.69. The van der Waals surface area contributed by atoms with E-state index in [4.69, 9.17) is 0 Å². The first-order valence-corrected chi connectivity index (χ1v) is 1.74. The number of rotatable bonds is 2. The van der Waals surface area contributed by atoms with Crippen LogP contribution < -0.4 is 5.73 Å². The van der Waals surface area contributed by atoms with E-state index >= 15 is 0 Å². The van der Waals surface area contributed by atoms with E-state index < -0.39 is 10.8 Å². The fourth-order valence-electron chi connectivity index (χ4n) is 0.134. The second kappa shape index (κ2) is 2.73. The van der Waals surface area contributed by atoms with Gasteiger partial charge in [0.15, 0.2) is 0 Å². The molecule has 0 aliphatic heterocycles. The zero-order valence-electron chi connectivity index (χ0n) is 3.90. The van der Waals surface area contributed by atoms with E-state index in [0.29, 0.717) is 12.3 Å².